The highest BCUT2D eigenvalue weighted by molar-refractivity contribution is 7.80. The molecule has 0 aromatic carbocycles. The van der Waals surface area contributed by atoms with Gasteiger partial charge in [-0.15, -0.1) is 0 Å². The zero-order valence-electron chi connectivity index (χ0n) is 18.5. The predicted molar refractivity (Wildman–Crippen MR) is 126 cm³/mol. The zero-order chi connectivity index (χ0) is 22.7. The van der Waals surface area contributed by atoms with Crippen molar-refractivity contribution in [3.05, 3.63) is 83.2 Å². The van der Waals surface area contributed by atoms with Crippen molar-refractivity contribution in [1.82, 2.24) is 24.8 Å². The number of carbonyl (C=O) groups is 1. The molecule has 1 fully saturated rings. The van der Waals surface area contributed by atoms with Crippen molar-refractivity contribution >= 4 is 23.3 Å². The van der Waals surface area contributed by atoms with Crippen LogP contribution in [-0.4, -0.2) is 44.2 Å². The molecule has 166 valence electrons. The second kappa shape index (κ2) is 9.48. The van der Waals surface area contributed by atoms with Crippen LogP contribution in [0, 0.1) is 13.8 Å². The second-order valence-electron chi connectivity index (χ2n) is 7.91. The van der Waals surface area contributed by atoms with E-state index in [9.17, 15) is 4.79 Å². The van der Waals surface area contributed by atoms with Crippen molar-refractivity contribution in [2.75, 3.05) is 13.7 Å². The van der Waals surface area contributed by atoms with Crippen molar-refractivity contribution < 1.29 is 9.53 Å². The molecule has 2 atom stereocenters. The van der Waals surface area contributed by atoms with Crippen LogP contribution in [0.2, 0.25) is 0 Å². The van der Waals surface area contributed by atoms with E-state index in [2.05, 4.69) is 44.7 Å². The maximum Gasteiger partial charge on any atom is 0.307 e. The number of hydrogen-bond donors (Lipinski definition) is 1. The number of thiocarbonyl (C=S) groups is 1. The lowest BCUT2D eigenvalue weighted by molar-refractivity contribution is -0.140. The number of nitrogens with zero attached hydrogens (tertiary/aromatic N) is 4. The Balaban J connectivity index is 1.73. The maximum atomic E-state index is 11.9. The maximum absolute atomic E-state index is 11.9. The monoisotopic (exact) mass is 449 g/mol. The lowest BCUT2D eigenvalue weighted by Gasteiger charge is -2.28. The minimum atomic E-state index is -0.254. The SMILES string of the molecule is COC(=O)CCN1C(=S)N[C@@H](c2ccccn2)[C@H]1c1cc(C)n(Cc2ccncc2)c1C. The third-order valence-corrected chi connectivity index (χ3v) is 6.36. The molecule has 0 saturated carbocycles. The molecule has 0 aliphatic carbocycles. The average molecular weight is 450 g/mol. The molecule has 0 spiro atoms. The number of ether oxygens (including phenoxy) is 1. The summed E-state index contributed by atoms with van der Waals surface area (Å²) in [6.07, 6.45) is 5.69. The van der Waals surface area contributed by atoms with Crippen molar-refractivity contribution in [3.63, 3.8) is 0 Å². The number of methoxy groups -OCH3 is 1. The van der Waals surface area contributed by atoms with Gasteiger partial charge in [0, 0.05) is 43.1 Å². The fourth-order valence-electron chi connectivity index (χ4n) is 4.34. The molecule has 0 bridgehead atoms. The van der Waals surface area contributed by atoms with Gasteiger partial charge in [0.05, 0.1) is 31.3 Å². The van der Waals surface area contributed by atoms with Crippen molar-refractivity contribution in [1.29, 1.82) is 0 Å². The molecule has 1 aliphatic rings. The van der Waals surface area contributed by atoms with Crippen LogP contribution in [-0.2, 0) is 16.1 Å². The van der Waals surface area contributed by atoms with Crippen LogP contribution in [0.3, 0.4) is 0 Å². The molecule has 1 saturated heterocycles. The van der Waals surface area contributed by atoms with Crippen LogP contribution < -0.4 is 5.32 Å². The van der Waals surface area contributed by atoms with Gasteiger partial charge in [-0.1, -0.05) is 6.07 Å². The summed E-state index contributed by atoms with van der Waals surface area (Å²) >= 11 is 5.69. The standard InChI is InChI=1S/C24H27N5O2S/c1-16-14-19(17(2)29(16)15-18-7-11-25-12-8-18)23-22(20-6-4-5-10-26-20)27-24(32)28(23)13-9-21(30)31-3/h4-8,10-12,14,22-23H,9,13,15H2,1-3H3,(H,27,32)/t22-,23+/m0/s1. The second-order valence-corrected chi connectivity index (χ2v) is 8.30. The van der Waals surface area contributed by atoms with Crippen molar-refractivity contribution in [2.24, 2.45) is 0 Å². The number of carbonyl (C=O) groups excluding carboxylic acids is 1. The van der Waals surface area contributed by atoms with E-state index in [-0.39, 0.29) is 24.5 Å². The van der Waals surface area contributed by atoms with Gasteiger partial charge in [0.1, 0.15) is 0 Å². The Morgan fingerprint density at radius 3 is 2.66 bits per heavy atom. The van der Waals surface area contributed by atoms with Gasteiger partial charge in [-0.25, -0.2) is 0 Å². The molecule has 0 unspecified atom stereocenters. The highest BCUT2D eigenvalue weighted by Crippen LogP contribution is 2.41. The first kappa shape index (κ1) is 22.0. The average Bonchev–Trinajstić information content (AvgIpc) is 3.29. The molecular formula is C24H27N5O2S. The van der Waals surface area contributed by atoms with Crippen LogP contribution in [0.4, 0.5) is 0 Å². The summed E-state index contributed by atoms with van der Waals surface area (Å²) in [5.74, 6) is -0.254. The topological polar surface area (TPSA) is 72.3 Å². The number of esters is 1. The first-order chi connectivity index (χ1) is 15.5. The minimum Gasteiger partial charge on any atom is -0.469 e. The van der Waals surface area contributed by atoms with Gasteiger partial charge < -0.3 is 19.5 Å². The summed E-state index contributed by atoms with van der Waals surface area (Å²) in [4.78, 5) is 22.7. The van der Waals surface area contributed by atoms with Gasteiger partial charge in [-0.3, -0.25) is 14.8 Å². The van der Waals surface area contributed by atoms with E-state index < -0.39 is 0 Å². The first-order valence-electron chi connectivity index (χ1n) is 10.6. The van der Waals surface area contributed by atoms with Gasteiger partial charge in [0.2, 0.25) is 0 Å². The van der Waals surface area contributed by atoms with Crippen molar-refractivity contribution in [2.45, 2.75) is 38.9 Å². The van der Waals surface area contributed by atoms with E-state index in [1.54, 1.807) is 6.20 Å². The molecule has 3 aromatic rings. The summed E-state index contributed by atoms with van der Waals surface area (Å²) < 4.78 is 7.17. The molecule has 0 radical (unpaired) electrons. The van der Waals surface area contributed by atoms with E-state index in [0.717, 1.165) is 12.2 Å². The van der Waals surface area contributed by atoms with E-state index in [1.165, 1.54) is 29.6 Å². The van der Waals surface area contributed by atoms with E-state index in [1.807, 2.05) is 42.7 Å². The van der Waals surface area contributed by atoms with Crippen LogP contribution in [0.25, 0.3) is 0 Å². The lowest BCUT2D eigenvalue weighted by Crippen LogP contribution is -2.32. The number of aryl methyl sites for hydroxylation is 1. The Morgan fingerprint density at radius 2 is 1.97 bits per heavy atom. The molecular weight excluding hydrogens is 422 g/mol. The summed E-state index contributed by atoms with van der Waals surface area (Å²) in [6.45, 7) is 5.49. The number of hydrogen-bond acceptors (Lipinski definition) is 5. The number of rotatable bonds is 7. The minimum absolute atomic E-state index is 0.0838. The number of nitrogens with one attached hydrogen (secondary N) is 1. The smallest absolute Gasteiger partial charge is 0.307 e. The van der Waals surface area contributed by atoms with E-state index in [0.29, 0.717) is 11.7 Å². The highest BCUT2D eigenvalue weighted by Gasteiger charge is 2.41. The molecule has 1 N–H and O–H groups in total. The highest BCUT2D eigenvalue weighted by atomic mass is 32.1. The Kier molecular flexibility index (Phi) is 6.50. The molecule has 0 amide bonds. The number of aromatic nitrogens is 3. The summed E-state index contributed by atoms with van der Waals surface area (Å²) in [7, 11) is 1.41. The normalized spacial score (nSPS) is 18.0. The Hall–Kier alpha value is -3.26. The summed E-state index contributed by atoms with van der Waals surface area (Å²) in [5.41, 5.74) is 5.61. The third-order valence-electron chi connectivity index (χ3n) is 6.00. The van der Waals surface area contributed by atoms with Crippen LogP contribution in [0.5, 0.6) is 0 Å². The predicted octanol–water partition coefficient (Wildman–Crippen LogP) is 3.48. The molecule has 32 heavy (non-hydrogen) atoms. The van der Waals surface area contributed by atoms with Crippen molar-refractivity contribution in [3.8, 4) is 0 Å². The molecule has 3 aromatic heterocycles. The van der Waals surface area contributed by atoms with Gasteiger partial charge in [-0.05, 0) is 67.5 Å². The molecule has 4 heterocycles. The summed E-state index contributed by atoms with van der Waals surface area (Å²) in [5, 5.41) is 4.06. The summed E-state index contributed by atoms with van der Waals surface area (Å²) in [6, 6.07) is 12.0. The Bertz CT molecular complexity index is 1100. The number of pyridine rings is 2. The lowest BCUT2D eigenvalue weighted by atomic mass is 9.96. The largest absolute Gasteiger partial charge is 0.469 e. The van der Waals surface area contributed by atoms with Crippen LogP contribution in [0.15, 0.2) is 55.0 Å². The molecule has 7 nitrogen and oxygen atoms in total. The Labute approximate surface area is 193 Å². The van der Waals surface area contributed by atoms with Crippen LogP contribution >= 0.6 is 12.2 Å². The fraction of sp³-hybridized carbons (Fsp3) is 0.333. The third kappa shape index (κ3) is 4.36. The molecule has 8 heteroatoms. The fourth-order valence-corrected chi connectivity index (χ4v) is 4.67. The van der Waals surface area contributed by atoms with Gasteiger partial charge >= 0.3 is 5.97 Å². The molecule has 1 aliphatic heterocycles. The van der Waals surface area contributed by atoms with E-state index >= 15 is 0 Å². The Morgan fingerprint density at radius 1 is 1.19 bits per heavy atom. The quantitative estimate of drug-likeness (QED) is 0.437. The van der Waals surface area contributed by atoms with E-state index in [4.69, 9.17) is 17.0 Å². The zero-order valence-corrected chi connectivity index (χ0v) is 19.3. The molecule has 4 rings (SSSR count). The van der Waals surface area contributed by atoms with Gasteiger partial charge in [-0.2, -0.15) is 0 Å². The van der Waals surface area contributed by atoms with Gasteiger partial charge in [0.25, 0.3) is 0 Å². The first-order valence-corrected chi connectivity index (χ1v) is 11.0. The van der Waals surface area contributed by atoms with Gasteiger partial charge in [0.15, 0.2) is 5.11 Å². The van der Waals surface area contributed by atoms with Crippen LogP contribution in [0.1, 0.15) is 46.7 Å².